The molecule has 6 nitrogen and oxygen atoms in total. The van der Waals surface area contributed by atoms with Crippen molar-refractivity contribution in [1.29, 1.82) is 0 Å². The number of rotatable bonds is 3. The predicted octanol–water partition coefficient (Wildman–Crippen LogP) is 7.07. The highest BCUT2D eigenvalue weighted by Gasteiger charge is 2.53. The van der Waals surface area contributed by atoms with Crippen molar-refractivity contribution in [3.8, 4) is 17.0 Å². The fourth-order valence-corrected chi connectivity index (χ4v) is 6.78. The second-order valence-electron chi connectivity index (χ2n) is 13.9. The fourth-order valence-electron chi connectivity index (χ4n) is 5.88. The van der Waals surface area contributed by atoms with Gasteiger partial charge in [0.15, 0.2) is 0 Å². The molecule has 13 heteroatoms. The summed E-state index contributed by atoms with van der Waals surface area (Å²) < 4.78 is 90.1. The molecule has 236 valence electrons. The first-order chi connectivity index (χ1) is 20.8. The van der Waals surface area contributed by atoms with Crippen LogP contribution in [0.1, 0.15) is 71.4 Å². The molecule has 0 N–H and O–H groups in total. The number of hydrogen-bond donors (Lipinski definition) is 0. The Balaban J connectivity index is 1.37. The molecule has 45 heavy (non-hydrogen) atoms. The Morgan fingerprint density at radius 3 is 1.87 bits per heavy atom. The van der Waals surface area contributed by atoms with E-state index >= 15 is 4.39 Å². The number of thiophene rings is 1. The molecule has 1 unspecified atom stereocenters. The number of alkyl halides is 3. The van der Waals surface area contributed by atoms with E-state index in [2.05, 4.69) is 0 Å². The zero-order chi connectivity index (χ0) is 32.5. The van der Waals surface area contributed by atoms with Crippen molar-refractivity contribution in [3.05, 3.63) is 64.1 Å². The Labute approximate surface area is 263 Å². The molecular formula is C32H33B2F4NO5S. The minimum atomic E-state index is -4.51. The largest absolute Gasteiger partial charge is 0.495 e. The molecule has 0 aliphatic carbocycles. The van der Waals surface area contributed by atoms with Crippen molar-refractivity contribution in [2.24, 2.45) is 0 Å². The van der Waals surface area contributed by atoms with Crippen LogP contribution >= 0.6 is 11.3 Å². The van der Waals surface area contributed by atoms with Gasteiger partial charge in [-0.15, -0.1) is 11.3 Å². The fraction of sp³-hybridized carbons (Fsp3) is 0.438. The predicted molar refractivity (Wildman–Crippen MR) is 167 cm³/mol. The van der Waals surface area contributed by atoms with Crippen molar-refractivity contribution < 1.29 is 40.9 Å². The quantitative estimate of drug-likeness (QED) is 0.177. The van der Waals surface area contributed by atoms with Crippen LogP contribution in [0.25, 0.3) is 22.2 Å². The lowest BCUT2D eigenvalue weighted by molar-refractivity contribution is -0.134. The topological polar surface area (TPSA) is 51.1 Å². The molecule has 0 radical (unpaired) electrons. The first kappa shape index (κ1) is 30.8. The number of halogens is 4. The Morgan fingerprint density at radius 2 is 1.31 bits per heavy atom. The minimum absolute atomic E-state index is 0.188. The molecule has 1 atom stereocenters. The lowest BCUT2D eigenvalue weighted by atomic mass is 9.78. The molecule has 2 aromatic heterocycles. The highest BCUT2D eigenvalue weighted by molar-refractivity contribution is 7.12. The van der Waals surface area contributed by atoms with Crippen LogP contribution in [0.5, 0.6) is 5.75 Å². The average Bonchev–Trinajstić information content (AvgIpc) is 3.65. The maximum atomic E-state index is 16.2. The summed E-state index contributed by atoms with van der Waals surface area (Å²) in [6.45, 7) is 15.5. The normalized spacial score (nSPS) is 22.9. The maximum absolute atomic E-state index is 16.2. The van der Waals surface area contributed by atoms with Gasteiger partial charge in [0.05, 0.1) is 44.1 Å². The lowest BCUT2D eigenvalue weighted by Gasteiger charge is -2.32. The van der Waals surface area contributed by atoms with Crippen LogP contribution < -0.4 is 15.7 Å². The zero-order valence-electron chi connectivity index (χ0n) is 26.3. The number of fused-ring (bicyclic) bond motifs is 5. The molecule has 5 heterocycles. The van der Waals surface area contributed by atoms with Gasteiger partial charge in [0.1, 0.15) is 16.4 Å². The third-order valence-corrected chi connectivity index (χ3v) is 11.0. The van der Waals surface area contributed by atoms with Crippen LogP contribution in [0.15, 0.2) is 48.5 Å². The SMILES string of the molecule is CC1(C)OB(c2cc(F)c3c(c2)OC(c2ccc(C(F)(F)F)s2)n2c-3cc3cc(B4OC(C)(C)C(C)(C)O4)ccc32)OC1(C)C. The Morgan fingerprint density at radius 1 is 0.733 bits per heavy atom. The van der Waals surface area contributed by atoms with E-state index < -0.39 is 59.7 Å². The minimum Gasteiger partial charge on any atom is -0.464 e. The molecule has 3 aliphatic rings. The average molecular weight is 641 g/mol. The summed E-state index contributed by atoms with van der Waals surface area (Å²) in [6, 6.07) is 12.9. The summed E-state index contributed by atoms with van der Waals surface area (Å²) in [5.74, 6) is -0.374. The molecule has 0 amide bonds. The van der Waals surface area contributed by atoms with E-state index in [1.54, 1.807) is 10.6 Å². The van der Waals surface area contributed by atoms with Gasteiger partial charge in [-0.3, -0.25) is 4.57 Å². The van der Waals surface area contributed by atoms with Gasteiger partial charge in [0.25, 0.3) is 0 Å². The molecule has 2 fully saturated rings. The van der Waals surface area contributed by atoms with Crippen molar-refractivity contribution in [3.63, 3.8) is 0 Å². The molecule has 0 spiro atoms. The second kappa shape index (κ2) is 9.60. The Kier molecular flexibility index (Phi) is 6.57. The van der Waals surface area contributed by atoms with Gasteiger partial charge in [-0.25, -0.2) is 4.39 Å². The zero-order valence-corrected chi connectivity index (χ0v) is 27.1. The van der Waals surface area contributed by atoms with E-state index in [0.29, 0.717) is 32.9 Å². The maximum Gasteiger partial charge on any atom is 0.495 e. The third kappa shape index (κ3) is 4.76. The van der Waals surface area contributed by atoms with Crippen molar-refractivity contribution in [2.45, 2.75) is 90.2 Å². The van der Waals surface area contributed by atoms with Gasteiger partial charge in [0, 0.05) is 5.39 Å². The van der Waals surface area contributed by atoms with Gasteiger partial charge in [-0.2, -0.15) is 13.2 Å². The summed E-state index contributed by atoms with van der Waals surface area (Å²) in [7, 11) is -1.48. The van der Waals surface area contributed by atoms with E-state index in [9.17, 15) is 13.2 Å². The number of benzene rings is 2. The van der Waals surface area contributed by atoms with E-state index in [1.165, 1.54) is 12.1 Å². The summed E-state index contributed by atoms with van der Waals surface area (Å²) in [6.07, 6.45) is -5.49. The summed E-state index contributed by atoms with van der Waals surface area (Å²) in [4.78, 5) is -0.423. The van der Waals surface area contributed by atoms with Gasteiger partial charge < -0.3 is 23.4 Å². The van der Waals surface area contributed by atoms with Gasteiger partial charge in [-0.05, 0) is 103 Å². The Bertz CT molecular complexity index is 1810. The second-order valence-corrected chi connectivity index (χ2v) is 15.1. The molecular weight excluding hydrogens is 608 g/mol. The van der Waals surface area contributed by atoms with Gasteiger partial charge >= 0.3 is 20.4 Å². The molecule has 4 aromatic rings. The molecule has 0 bridgehead atoms. The lowest BCUT2D eigenvalue weighted by Crippen LogP contribution is -2.41. The molecule has 7 rings (SSSR count). The van der Waals surface area contributed by atoms with Crippen LogP contribution in [0.3, 0.4) is 0 Å². The summed E-state index contributed by atoms with van der Waals surface area (Å²) in [5, 5.41) is 0.737. The van der Waals surface area contributed by atoms with Crippen molar-refractivity contribution >= 4 is 47.4 Å². The van der Waals surface area contributed by atoms with Crippen molar-refractivity contribution in [1.82, 2.24) is 4.57 Å². The standard InChI is InChI=1S/C32H33B2F4NO5S/c1-28(2)29(3,4)42-33(41-28)18-9-10-21-17(13-18)14-22-26-20(35)15-19(34-43-30(5,6)31(7,8)44-34)16-23(26)40-27(39(21)22)24-11-12-25(45-24)32(36,37)38/h9-16,27H,1-8H3. The molecule has 3 aliphatic heterocycles. The van der Waals surface area contributed by atoms with Crippen LogP contribution in [0.2, 0.25) is 0 Å². The van der Waals surface area contributed by atoms with E-state index in [0.717, 1.165) is 16.9 Å². The smallest absolute Gasteiger partial charge is 0.464 e. The van der Waals surface area contributed by atoms with Crippen LogP contribution in [-0.4, -0.2) is 41.2 Å². The van der Waals surface area contributed by atoms with Gasteiger partial charge in [0.2, 0.25) is 6.23 Å². The third-order valence-electron chi connectivity index (χ3n) is 9.87. The number of aromatic nitrogens is 1. The highest BCUT2D eigenvalue weighted by atomic mass is 32.1. The van der Waals surface area contributed by atoms with E-state index in [4.69, 9.17) is 23.4 Å². The van der Waals surface area contributed by atoms with Crippen LogP contribution in [0, 0.1) is 5.82 Å². The number of nitrogens with zero attached hydrogens (tertiary/aromatic N) is 1. The van der Waals surface area contributed by atoms with E-state index in [1.807, 2.05) is 79.7 Å². The highest BCUT2D eigenvalue weighted by Crippen LogP contribution is 2.48. The molecule has 0 saturated carbocycles. The first-order valence-electron chi connectivity index (χ1n) is 14.8. The summed E-state index contributed by atoms with van der Waals surface area (Å²) >= 11 is 0.599. The Hall–Kier alpha value is -2.83. The molecule has 2 saturated heterocycles. The van der Waals surface area contributed by atoms with Crippen LogP contribution in [-0.2, 0) is 24.8 Å². The van der Waals surface area contributed by atoms with E-state index in [-0.39, 0.29) is 11.3 Å². The number of ether oxygens (including phenoxy) is 1. The van der Waals surface area contributed by atoms with Gasteiger partial charge in [-0.1, -0.05) is 12.1 Å². The molecule has 2 aromatic carbocycles. The summed E-state index contributed by atoms with van der Waals surface area (Å²) in [5.41, 5.74) is 0.133. The van der Waals surface area contributed by atoms with Crippen LogP contribution in [0.4, 0.5) is 17.6 Å². The number of hydrogen-bond acceptors (Lipinski definition) is 6. The monoisotopic (exact) mass is 641 g/mol. The van der Waals surface area contributed by atoms with Crippen molar-refractivity contribution in [2.75, 3.05) is 0 Å². The first-order valence-corrected chi connectivity index (χ1v) is 15.6.